The predicted octanol–water partition coefficient (Wildman–Crippen LogP) is 2.94. The highest BCUT2D eigenvalue weighted by molar-refractivity contribution is 8.13. The number of anilines is 1. The maximum Gasteiger partial charge on any atom is 0.261 e. The molecule has 1 heterocycles. The van der Waals surface area contributed by atoms with Gasteiger partial charge in [-0.15, -0.1) is 0 Å². The highest BCUT2D eigenvalue weighted by Gasteiger charge is 2.23. The second-order valence-electron chi connectivity index (χ2n) is 4.94. The topological polar surface area (TPSA) is 72.5 Å². The molecule has 5 nitrogen and oxygen atoms in total. The van der Waals surface area contributed by atoms with E-state index in [4.69, 9.17) is 27.0 Å². The molecule has 1 aliphatic rings. The molecule has 0 bridgehead atoms. The molecule has 1 atom stereocenters. The van der Waals surface area contributed by atoms with Crippen LogP contribution >= 0.6 is 22.3 Å². The fourth-order valence-electron chi connectivity index (χ4n) is 2.18. The summed E-state index contributed by atoms with van der Waals surface area (Å²) in [5.41, 5.74) is 0.933. The molecule has 116 valence electrons. The lowest BCUT2D eigenvalue weighted by Crippen LogP contribution is -2.30. The van der Waals surface area contributed by atoms with Gasteiger partial charge in [0.2, 0.25) is 5.91 Å². The van der Waals surface area contributed by atoms with Crippen molar-refractivity contribution >= 4 is 42.9 Å². The maximum absolute atomic E-state index is 12.2. The molecule has 1 aliphatic heterocycles. The van der Waals surface area contributed by atoms with Gasteiger partial charge in [0.15, 0.2) is 0 Å². The minimum absolute atomic E-state index is 0.0920. The Morgan fingerprint density at radius 1 is 1.43 bits per heavy atom. The molecule has 1 unspecified atom stereocenters. The van der Waals surface area contributed by atoms with Crippen LogP contribution in [0, 0.1) is 12.8 Å². The fourth-order valence-corrected chi connectivity index (χ4v) is 3.41. The van der Waals surface area contributed by atoms with E-state index < -0.39 is 9.05 Å². The Balaban J connectivity index is 2.22. The molecule has 1 aromatic carbocycles. The van der Waals surface area contributed by atoms with Gasteiger partial charge in [-0.3, -0.25) is 4.79 Å². The number of hydrogen-bond acceptors (Lipinski definition) is 4. The van der Waals surface area contributed by atoms with E-state index in [1.165, 1.54) is 12.1 Å². The maximum atomic E-state index is 12.2. The predicted molar refractivity (Wildman–Crippen MR) is 81.4 cm³/mol. The summed E-state index contributed by atoms with van der Waals surface area (Å²) in [7, 11) is 1.43. The summed E-state index contributed by atoms with van der Waals surface area (Å²) in [5.74, 6) is -0.396. The van der Waals surface area contributed by atoms with Gasteiger partial charge in [0, 0.05) is 17.3 Å². The second-order valence-corrected chi connectivity index (χ2v) is 7.91. The standard InChI is InChI=1S/C13H15Cl2NO4S/c1-8-5-10(21(15,18)19)6-11(14)12(8)16-13(17)9-3-2-4-20-7-9/h5-6,9H,2-4,7H2,1H3,(H,16,17). The van der Waals surface area contributed by atoms with Crippen LogP contribution in [0.5, 0.6) is 0 Å². The number of ether oxygens (including phenoxy) is 1. The summed E-state index contributed by atoms with van der Waals surface area (Å²) >= 11 is 6.05. The Morgan fingerprint density at radius 3 is 2.67 bits per heavy atom. The van der Waals surface area contributed by atoms with E-state index in [1.807, 2.05) is 0 Å². The van der Waals surface area contributed by atoms with Gasteiger partial charge in [0.25, 0.3) is 9.05 Å². The fraction of sp³-hybridized carbons (Fsp3) is 0.462. The van der Waals surface area contributed by atoms with Gasteiger partial charge >= 0.3 is 0 Å². The molecule has 0 saturated carbocycles. The molecule has 2 rings (SSSR count). The average Bonchev–Trinajstić information content (AvgIpc) is 2.42. The van der Waals surface area contributed by atoms with E-state index in [-0.39, 0.29) is 21.7 Å². The van der Waals surface area contributed by atoms with Crippen molar-refractivity contribution in [3.05, 3.63) is 22.7 Å². The minimum atomic E-state index is -3.86. The van der Waals surface area contributed by atoms with Gasteiger partial charge in [-0.05, 0) is 37.5 Å². The molecule has 1 saturated heterocycles. The van der Waals surface area contributed by atoms with Crippen molar-refractivity contribution in [3.8, 4) is 0 Å². The third kappa shape index (κ3) is 4.10. The van der Waals surface area contributed by atoms with Gasteiger partial charge in [-0.2, -0.15) is 0 Å². The van der Waals surface area contributed by atoms with Gasteiger partial charge in [-0.25, -0.2) is 8.42 Å². The van der Waals surface area contributed by atoms with Gasteiger partial charge in [0.1, 0.15) is 0 Å². The number of amides is 1. The summed E-state index contributed by atoms with van der Waals surface area (Å²) < 4.78 is 27.9. The number of aryl methyl sites for hydroxylation is 1. The van der Waals surface area contributed by atoms with E-state index in [9.17, 15) is 13.2 Å². The van der Waals surface area contributed by atoms with Crippen molar-refractivity contribution in [2.75, 3.05) is 18.5 Å². The van der Waals surface area contributed by atoms with Crippen molar-refractivity contribution < 1.29 is 17.9 Å². The van der Waals surface area contributed by atoms with E-state index in [2.05, 4.69) is 5.32 Å². The number of hydrogen-bond donors (Lipinski definition) is 1. The Morgan fingerprint density at radius 2 is 2.14 bits per heavy atom. The summed E-state index contributed by atoms with van der Waals surface area (Å²) in [5, 5.41) is 2.88. The lowest BCUT2D eigenvalue weighted by molar-refractivity contribution is -0.123. The molecule has 0 aliphatic carbocycles. The highest BCUT2D eigenvalue weighted by Crippen LogP contribution is 2.31. The molecule has 0 radical (unpaired) electrons. The van der Waals surface area contributed by atoms with E-state index >= 15 is 0 Å². The smallest absolute Gasteiger partial charge is 0.261 e. The zero-order chi connectivity index (χ0) is 15.6. The van der Waals surface area contributed by atoms with Crippen LogP contribution in [0.3, 0.4) is 0 Å². The minimum Gasteiger partial charge on any atom is -0.381 e. The van der Waals surface area contributed by atoms with Crippen LogP contribution in [0.2, 0.25) is 5.02 Å². The van der Waals surface area contributed by atoms with Crippen LogP contribution in [0.4, 0.5) is 5.69 Å². The Kier molecular flexibility index (Phi) is 5.14. The summed E-state index contributed by atoms with van der Waals surface area (Å²) in [6.07, 6.45) is 1.60. The monoisotopic (exact) mass is 351 g/mol. The SMILES string of the molecule is Cc1cc(S(=O)(=O)Cl)cc(Cl)c1NC(=O)C1CCCOC1. The van der Waals surface area contributed by atoms with Crippen LogP contribution < -0.4 is 5.32 Å². The van der Waals surface area contributed by atoms with Crippen molar-refractivity contribution in [1.29, 1.82) is 0 Å². The van der Waals surface area contributed by atoms with Crippen LogP contribution in [0.15, 0.2) is 17.0 Å². The van der Waals surface area contributed by atoms with Gasteiger partial charge in [0.05, 0.1) is 28.1 Å². The zero-order valence-electron chi connectivity index (χ0n) is 11.4. The molecule has 8 heteroatoms. The molecule has 21 heavy (non-hydrogen) atoms. The summed E-state index contributed by atoms with van der Waals surface area (Å²) in [4.78, 5) is 12.1. The molecule has 1 aromatic rings. The first kappa shape index (κ1) is 16.5. The Hall–Kier alpha value is -0.820. The van der Waals surface area contributed by atoms with Gasteiger partial charge < -0.3 is 10.1 Å². The van der Waals surface area contributed by atoms with Crippen molar-refractivity contribution in [3.63, 3.8) is 0 Å². The normalized spacial score (nSPS) is 19.3. The zero-order valence-corrected chi connectivity index (χ0v) is 13.7. The third-order valence-corrected chi connectivity index (χ3v) is 4.95. The van der Waals surface area contributed by atoms with Crippen molar-refractivity contribution in [2.45, 2.75) is 24.7 Å². The highest BCUT2D eigenvalue weighted by atomic mass is 35.7. The van der Waals surface area contributed by atoms with Crippen LogP contribution in [-0.4, -0.2) is 27.5 Å². The molecule has 1 fully saturated rings. The number of halogens is 2. The van der Waals surface area contributed by atoms with Crippen LogP contribution in [0.25, 0.3) is 0 Å². The molecular formula is C13H15Cl2NO4S. The number of benzene rings is 1. The Labute approximate surface area is 133 Å². The average molecular weight is 352 g/mol. The van der Waals surface area contributed by atoms with Gasteiger partial charge in [-0.1, -0.05) is 11.6 Å². The number of rotatable bonds is 3. The van der Waals surface area contributed by atoms with Crippen LogP contribution in [0.1, 0.15) is 18.4 Å². The molecule has 0 spiro atoms. The molecule has 0 aromatic heterocycles. The van der Waals surface area contributed by atoms with Crippen molar-refractivity contribution in [1.82, 2.24) is 0 Å². The third-order valence-electron chi connectivity index (χ3n) is 3.32. The van der Waals surface area contributed by atoms with E-state index in [1.54, 1.807) is 6.92 Å². The lowest BCUT2D eigenvalue weighted by atomic mass is 10.0. The van der Waals surface area contributed by atoms with E-state index in [0.717, 1.165) is 12.8 Å². The molecular weight excluding hydrogens is 337 g/mol. The van der Waals surface area contributed by atoms with Crippen molar-refractivity contribution in [2.24, 2.45) is 5.92 Å². The number of carbonyl (C=O) groups is 1. The second kappa shape index (κ2) is 6.52. The first-order valence-electron chi connectivity index (χ1n) is 6.42. The van der Waals surface area contributed by atoms with E-state index in [0.29, 0.717) is 24.5 Å². The summed E-state index contributed by atoms with van der Waals surface area (Å²) in [6, 6.07) is 2.60. The molecule has 1 N–H and O–H groups in total. The number of nitrogens with one attached hydrogen (secondary N) is 1. The lowest BCUT2D eigenvalue weighted by Gasteiger charge is -2.22. The first-order chi connectivity index (χ1) is 9.79. The van der Waals surface area contributed by atoms with Crippen LogP contribution in [-0.2, 0) is 18.6 Å². The number of carbonyl (C=O) groups excluding carboxylic acids is 1. The Bertz CT molecular complexity index is 631. The molecule has 1 amide bonds. The summed E-state index contributed by atoms with van der Waals surface area (Å²) in [6.45, 7) is 2.72. The first-order valence-corrected chi connectivity index (χ1v) is 9.11. The quantitative estimate of drug-likeness (QED) is 0.849. The largest absolute Gasteiger partial charge is 0.381 e.